The number of fused-ring (bicyclic) bond motifs is 1. The molecule has 0 amide bonds. The Kier molecular flexibility index (Phi) is 4.74. The summed E-state index contributed by atoms with van der Waals surface area (Å²) in [5.41, 5.74) is 0.0333. The molecule has 0 aliphatic carbocycles. The van der Waals surface area contributed by atoms with Gasteiger partial charge >= 0.3 is 0 Å². The standard InChI is InChI=1S/C18H16N4O4/c1-2-5-17-20-15-7-4-3-6-14(15)18(24)21(17)19-11-12-10-13(22(25)26)8-9-16(12)23/h3-4,6-11,23H,2,5H2,1H3/p-1/b19-11-. The number of hydrogen-bond donors (Lipinski definition) is 0. The third-order valence-corrected chi connectivity index (χ3v) is 3.81. The van der Waals surface area contributed by atoms with Gasteiger partial charge < -0.3 is 5.11 Å². The van der Waals surface area contributed by atoms with Crippen LogP contribution >= 0.6 is 0 Å². The summed E-state index contributed by atoms with van der Waals surface area (Å²) in [6.45, 7) is 1.95. The van der Waals surface area contributed by atoms with Gasteiger partial charge in [0.25, 0.3) is 11.2 Å². The summed E-state index contributed by atoms with van der Waals surface area (Å²) in [6, 6.07) is 10.3. The average molecular weight is 351 g/mol. The summed E-state index contributed by atoms with van der Waals surface area (Å²) >= 11 is 0. The number of rotatable bonds is 5. The largest absolute Gasteiger partial charge is 0.872 e. The molecule has 0 aliphatic heterocycles. The molecule has 0 spiro atoms. The number of para-hydroxylation sites is 1. The van der Waals surface area contributed by atoms with E-state index < -0.39 is 10.7 Å². The zero-order valence-corrected chi connectivity index (χ0v) is 14.0. The van der Waals surface area contributed by atoms with E-state index in [9.17, 15) is 20.0 Å². The van der Waals surface area contributed by atoms with Crippen molar-refractivity contribution in [2.24, 2.45) is 5.10 Å². The first kappa shape index (κ1) is 17.3. The van der Waals surface area contributed by atoms with Crippen molar-refractivity contribution >= 4 is 22.8 Å². The van der Waals surface area contributed by atoms with Crippen LogP contribution in [0.5, 0.6) is 5.75 Å². The second-order valence-electron chi connectivity index (χ2n) is 5.64. The van der Waals surface area contributed by atoms with E-state index in [1.807, 2.05) is 6.92 Å². The fraction of sp³-hybridized carbons (Fsp3) is 0.167. The smallest absolute Gasteiger partial charge is 0.282 e. The Labute approximate surface area is 148 Å². The number of hydrogen-bond acceptors (Lipinski definition) is 6. The van der Waals surface area contributed by atoms with Gasteiger partial charge in [-0.25, -0.2) is 4.98 Å². The van der Waals surface area contributed by atoms with Gasteiger partial charge in [-0.15, -0.1) is 0 Å². The molecular formula is C18H15N4O4-. The van der Waals surface area contributed by atoms with Gasteiger partial charge in [0.1, 0.15) is 5.82 Å². The Morgan fingerprint density at radius 1 is 1.27 bits per heavy atom. The van der Waals surface area contributed by atoms with Crippen molar-refractivity contribution in [2.75, 3.05) is 0 Å². The van der Waals surface area contributed by atoms with Crippen molar-refractivity contribution in [1.29, 1.82) is 0 Å². The van der Waals surface area contributed by atoms with E-state index >= 15 is 0 Å². The molecule has 0 saturated carbocycles. The predicted octanol–water partition coefficient (Wildman–Crippen LogP) is 2.21. The molecule has 3 rings (SSSR count). The molecular weight excluding hydrogens is 336 g/mol. The number of nitrogens with zero attached hydrogens (tertiary/aromatic N) is 4. The summed E-state index contributed by atoms with van der Waals surface area (Å²) in [7, 11) is 0. The lowest BCUT2D eigenvalue weighted by Crippen LogP contribution is -2.22. The molecule has 1 heterocycles. The van der Waals surface area contributed by atoms with E-state index in [0.29, 0.717) is 23.1 Å². The van der Waals surface area contributed by atoms with Crippen LogP contribution in [0.1, 0.15) is 24.7 Å². The predicted molar refractivity (Wildman–Crippen MR) is 95.5 cm³/mol. The molecule has 0 N–H and O–H groups in total. The zero-order chi connectivity index (χ0) is 18.7. The molecule has 8 nitrogen and oxygen atoms in total. The number of aryl methyl sites for hydroxylation is 1. The quantitative estimate of drug-likeness (QED) is 0.397. The fourth-order valence-corrected chi connectivity index (χ4v) is 2.54. The Morgan fingerprint density at radius 2 is 2.04 bits per heavy atom. The highest BCUT2D eigenvalue weighted by molar-refractivity contribution is 5.84. The van der Waals surface area contributed by atoms with Crippen LogP contribution in [0, 0.1) is 10.1 Å². The third-order valence-electron chi connectivity index (χ3n) is 3.81. The van der Waals surface area contributed by atoms with Crippen LogP contribution in [0.15, 0.2) is 52.4 Å². The maximum absolute atomic E-state index is 12.7. The van der Waals surface area contributed by atoms with Crippen molar-refractivity contribution in [2.45, 2.75) is 19.8 Å². The maximum Gasteiger partial charge on any atom is 0.282 e. The molecule has 1 aromatic heterocycles. The molecule has 3 aromatic rings. The van der Waals surface area contributed by atoms with Crippen LogP contribution in [0.4, 0.5) is 5.69 Å². The van der Waals surface area contributed by atoms with Crippen LogP contribution in [0.3, 0.4) is 0 Å². The van der Waals surface area contributed by atoms with E-state index in [0.717, 1.165) is 35.5 Å². The van der Waals surface area contributed by atoms with Gasteiger partial charge in [-0.05, 0) is 24.1 Å². The summed E-state index contributed by atoms with van der Waals surface area (Å²) in [6.07, 6.45) is 2.44. The van der Waals surface area contributed by atoms with E-state index in [4.69, 9.17) is 0 Å². The van der Waals surface area contributed by atoms with Crippen molar-refractivity contribution < 1.29 is 10.0 Å². The third kappa shape index (κ3) is 3.30. The van der Waals surface area contributed by atoms with Gasteiger partial charge in [0, 0.05) is 18.6 Å². The molecule has 0 atom stereocenters. The van der Waals surface area contributed by atoms with Gasteiger partial charge in [0.15, 0.2) is 0 Å². The lowest BCUT2D eigenvalue weighted by atomic mass is 10.2. The maximum atomic E-state index is 12.7. The molecule has 0 unspecified atom stereocenters. The SMILES string of the molecule is CCCc1nc2ccccc2c(=O)n1/N=C\c1cc([N+](=O)[O-])ccc1[O-]. The van der Waals surface area contributed by atoms with Crippen molar-refractivity contribution in [3.63, 3.8) is 0 Å². The molecule has 132 valence electrons. The van der Waals surface area contributed by atoms with E-state index in [2.05, 4.69) is 10.1 Å². The highest BCUT2D eigenvalue weighted by Crippen LogP contribution is 2.19. The molecule has 2 aromatic carbocycles. The highest BCUT2D eigenvalue weighted by Gasteiger charge is 2.10. The molecule has 0 bridgehead atoms. The fourth-order valence-electron chi connectivity index (χ4n) is 2.54. The topological polar surface area (TPSA) is 113 Å². The Hall–Kier alpha value is -3.55. The highest BCUT2D eigenvalue weighted by atomic mass is 16.6. The number of nitro benzene ring substituents is 1. The Bertz CT molecular complexity index is 1070. The minimum absolute atomic E-state index is 0.0294. The minimum atomic E-state index is -0.594. The molecule has 0 fully saturated rings. The van der Waals surface area contributed by atoms with Crippen molar-refractivity contribution in [1.82, 2.24) is 9.66 Å². The first-order valence-electron chi connectivity index (χ1n) is 8.01. The van der Waals surface area contributed by atoms with E-state index in [1.165, 1.54) is 0 Å². The van der Waals surface area contributed by atoms with E-state index in [1.54, 1.807) is 24.3 Å². The second kappa shape index (κ2) is 7.14. The summed E-state index contributed by atoms with van der Waals surface area (Å²) in [4.78, 5) is 27.5. The number of benzene rings is 2. The lowest BCUT2D eigenvalue weighted by Gasteiger charge is -2.10. The Morgan fingerprint density at radius 3 is 2.77 bits per heavy atom. The van der Waals surface area contributed by atoms with Crippen LogP contribution in [-0.4, -0.2) is 20.8 Å². The first-order chi connectivity index (χ1) is 12.5. The van der Waals surface area contributed by atoms with Crippen LogP contribution in [0.2, 0.25) is 0 Å². The number of nitro groups is 1. The van der Waals surface area contributed by atoms with Crippen molar-refractivity contribution in [3.8, 4) is 5.75 Å². The average Bonchev–Trinajstić information content (AvgIpc) is 2.63. The van der Waals surface area contributed by atoms with Crippen LogP contribution in [-0.2, 0) is 6.42 Å². The molecule has 0 aliphatic rings. The minimum Gasteiger partial charge on any atom is -0.872 e. The van der Waals surface area contributed by atoms with E-state index in [-0.39, 0.29) is 16.8 Å². The van der Waals surface area contributed by atoms with Crippen LogP contribution < -0.4 is 10.7 Å². The summed E-state index contributed by atoms with van der Waals surface area (Å²) in [5, 5.41) is 27.3. The molecule has 26 heavy (non-hydrogen) atoms. The monoisotopic (exact) mass is 351 g/mol. The normalized spacial score (nSPS) is 11.3. The molecule has 0 saturated heterocycles. The number of non-ortho nitro benzene ring substituents is 1. The van der Waals surface area contributed by atoms with Gasteiger partial charge in [-0.2, -0.15) is 9.78 Å². The zero-order valence-electron chi connectivity index (χ0n) is 14.0. The molecule has 8 heteroatoms. The lowest BCUT2D eigenvalue weighted by molar-refractivity contribution is -0.385. The van der Waals surface area contributed by atoms with Crippen molar-refractivity contribution in [3.05, 3.63) is 74.3 Å². The number of aromatic nitrogens is 2. The summed E-state index contributed by atoms with van der Waals surface area (Å²) < 4.78 is 1.14. The van der Waals surface area contributed by atoms with Gasteiger partial charge in [0.2, 0.25) is 0 Å². The molecule has 0 radical (unpaired) electrons. The second-order valence-corrected chi connectivity index (χ2v) is 5.64. The van der Waals surface area contributed by atoms with Gasteiger partial charge in [-0.3, -0.25) is 14.9 Å². The first-order valence-corrected chi connectivity index (χ1v) is 8.01. The summed E-state index contributed by atoms with van der Waals surface area (Å²) in [5.74, 6) is 0.0449. The van der Waals surface area contributed by atoms with Gasteiger partial charge in [0.05, 0.1) is 22.0 Å². The Balaban J connectivity index is 2.13. The van der Waals surface area contributed by atoms with Gasteiger partial charge in [-0.1, -0.05) is 30.9 Å². The van der Waals surface area contributed by atoms with Crippen LogP contribution in [0.25, 0.3) is 10.9 Å².